The summed E-state index contributed by atoms with van der Waals surface area (Å²) in [6.45, 7) is 4.95. The number of hydrogen-bond acceptors (Lipinski definition) is 3. The highest BCUT2D eigenvalue weighted by Gasteiger charge is 2.35. The highest BCUT2D eigenvalue weighted by atomic mass is 16.2. The molecule has 0 bridgehead atoms. The Bertz CT molecular complexity index is 514. The van der Waals surface area contributed by atoms with Crippen LogP contribution in [0.4, 0.5) is 0 Å². The van der Waals surface area contributed by atoms with Crippen molar-refractivity contribution >= 4 is 11.8 Å². The molecule has 0 aromatic heterocycles. The molecule has 1 N–H and O–H groups in total. The Hall–Kier alpha value is -1.68. The molecule has 0 saturated carbocycles. The Morgan fingerprint density at radius 2 is 1.71 bits per heavy atom. The fourth-order valence-corrected chi connectivity index (χ4v) is 3.42. The zero-order valence-corrected chi connectivity index (χ0v) is 12.5. The number of piperidine rings is 1. The molecular formula is C17H22N2O2. The van der Waals surface area contributed by atoms with E-state index in [0.717, 1.165) is 19.5 Å². The summed E-state index contributed by atoms with van der Waals surface area (Å²) in [6, 6.07) is 7.11. The summed E-state index contributed by atoms with van der Waals surface area (Å²) in [7, 11) is 0. The Kier molecular flexibility index (Phi) is 4.06. The smallest absolute Gasteiger partial charge is 0.261 e. The Morgan fingerprint density at radius 1 is 1.14 bits per heavy atom. The number of carbonyl (C=O) groups excluding carboxylic acids is 2. The molecule has 2 aliphatic heterocycles. The van der Waals surface area contributed by atoms with Crippen LogP contribution in [0, 0.1) is 11.8 Å². The summed E-state index contributed by atoms with van der Waals surface area (Å²) in [5, 5.41) is 3.37. The summed E-state index contributed by atoms with van der Waals surface area (Å²) in [5.41, 5.74) is 1.11. The first-order chi connectivity index (χ1) is 10.2. The van der Waals surface area contributed by atoms with Crippen molar-refractivity contribution in [2.45, 2.75) is 26.2 Å². The molecule has 0 unspecified atom stereocenters. The van der Waals surface area contributed by atoms with Crippen molar-refractivity contribution in [1.82, 2.24) is 10.2 Å². The lowest BCUT2D eigenvalue weighted by Gasteiger charge is -2.29. The van der Waals surface area contributed by atoms with Crippen LogP contribution in [0.25, 0.3) is 0 Å². The van der Waals surface area contributed by atoms with Crippen molar-refractivity contribution in [3.63, 3.8) is 0 Å². The molecule has 0 aliphatic carbocycles. The number of amides is 2. The fourth-order valence-electron chi connectivity index (χ4n) is 3.42. The normalized spacial score (nSPS) is 20.7. The molecule has 21 heavy (non-hydrogen) atoms. The van der Waals surface area contributed by atoms with Gasteiger partial charge in [0, 0.05) is 6.54 Å². The Morgan fingerprint density at radius 3 is 2.29 bits per heavy atom. The van der Waals surface area contributed by atoms with E-state index in [1.807, 2.05) is 12.1 Å². The number of fused-ring (bicyclic) bond motifs is 1. The minimum atomic E-state index is -0.131. The molecule has 4 nitrogen and oxygen atoms in total. The van der Waals surface area contributed by atoms with Gasteiger partial charge in [-0.2, -0.15) is 0 Å². The molecule has 112 valence electrons. The molecule has 0 radical (unpaired) electrons. The molecule has 2 aliphatic rings. The first-order valence-electron chi connectivity index (χ1n) is 7.84. The van der Waals surface area contributed by atoms with Gasteiger partial charge in [0.2, 0.25) is 0 Å². The number of nitrogens with one attached hydrogen (secondary N) is 1. The number of rotatable bonds is 4. The van der Waals surface area contributed by atoms with E-state index in [9.17, 15) is 9.59 Å². The van der Waals surface area contributed by atoms with Crippen LogP contribution in [0.1, 0.15) is 46.9 Å². The number of hydrogen-bond donors (Lipinski definition) is 1. The third-order valence-electron chi connectivity index (χ3n) is 4.87. The van der Waals surface area contributed by atoms with E-state index in [0.29, 0.717) is 29.5 Å². The highest BCUT2D eigenvalue weighted by Crippen LogP contribution is 2.27. The number of nitrogens with zero attached hydrogens (tertiary/aromatic N) is 1. The first-order valence-corrected chi connectivity index (χ1v) is 7.84. The second-order valence-corrected chi connectivity index (χ2v) is 6.16. The molecule has 0 spiro atoms. The van der Waals surface area contributed by atoms with Crippen LogP contribution in [0.5, 0.6) is 0 Å². The van der Waals surface area contributed by atoms with Gasteiger partial charge in [-0.3, -0.25) is 14.5 Å². The largest absolute Gasteiger partial charge is 0.317 e. The lowest BCUT2D eigenvalue weighted by Crippen LogP contribution is -2.34. The third kappa shape index (κ3) is 2.72. The van der Waals surface area contributed by atoms with E-state index >= 15 is 0 Å². The molecule has 1 aromatic rings. The van der Waals surface area contributed by atoms with Gasteiger partial charge in [-0.1, -0.05) is 19.1 Å². The Balaban J connectivity index is 1.61. The Labute approximate surface area is 125 Å². The van der Waals surface area contributed by atoms with Crippen LogP contribution in [-0.2, 0) is 0 Å². The van der Waals surface area contributed by atoms with Crippen LogP contribution < -0.4 is 5.32 Å². The summed E-state index contributed by atoms with van der Waals surface area (Å²) in [5.74, 6) is 0.999. The molecular weight excluding hydrogens is 264 g/mol. The van der Waals surface area contributed by atoms with Gasteiger partial charge in [-0.15, -0.1) is 0 Å². The number of carbonyl (C=O) groups is 2. The summed E-state index contributed by atoms with van der Waals surface area (Å²) in [4.78, 5) is 26.0. The molecule has 4 heteroatoms. The van der Waals surface area contributed by atoms with Gasteiger partial charge in [-0.05, 0) is 56.3 Å². The maximum absolute atomic E-state index is 12.3. The fraction of sp³-hybridized carbons (Fsp3) is 0.529. The van der Waals surface area contributed by atoms with E-state index in [1.54, 1.807) is 12.1 Å². The van der Waals surface area contributed by atoms with Crippen molar-refractivity contribution in [3.05, 3.63) is 35.4 Å². The van der Waals surface area contributed by atoms with Crippen LogP contribution in [0.15, 0.2) is 24.3 Å². The van der Waals surface area contributed by atoms with Crippen LogP contribution in [0.2, 0.25) is 0 Å². The zero-order chi connectivity index (χ0) is 14.8. The standard InChI is InChI=1S/C17H22N2O2/c1-12(13-6-9-18-10-7-13)8-11-19-16(20)14-4-2-3-5-15(14)17(19)21/h2-5,12-13,18H,6-11H2,1H3/t12-/m1/s1. The van der Waals surface area contributed by atoms with Gasteiger partial charge in [0.05, 0.1) is 11.1 Å². The molecule has 2 amide bonds. The second-order valence-electron chi connectivity index (χ2n) is 6.16. The van der Waals surface area contributed by atoms with Crippen LogP contribution >= 0.6 is 0 Å². The van der Waals surface area contributed by atoms with E-state index in [1.165, 1.54) is 17.7 Å². The summed E-state index contributed by atoms with van der Waals surface area (Å²) in [6.07, 6.45) is 3.29. The van der Waals surface area contributed by atoms with E-state index < -0.39 is 0 Å². The number of benzene rings is 1. The van der Waals surface area contributed by atoms with Gasteiger partial charge in [0.15, 0.2) is 0 Å². The number of imide groups is 1. The lowest BCUT2D eigenvalue weighted by molar-refractivity contribution is 0.0639. The molecule has 2 heterocycles. The van der Waals surface area contributed by atoms with Gasteiger partial charge in [0.25, 0.3) is 11.8 Å². The second kappa shape index (κ2) is 5.98. The van der Waals surface area contributed by atoms with Gasteiger partial charge in [-0.25, -0.2) is 0 Å². The summed E-state index contributed by atoms with van der Waals surface area (Å²) < 4.78 is 0. The minimum Gasteiger partial charge on any atom is -0.317 e. The zero-order valence-electron chi connectivity index (χ0n) is 12.5. The average Bonchev–Trinajstić information content (AvgIpc) is 2.78. The predicted molar refractivity (Wildman–Crippen MR) is 81.2 cm³/mol. The molecule has 1 aromatic carbocycles. The molecule has 1 fully saturated rings. The maximum Gasteiger partial charge on any atom is 0.261 e. The van der Waals surface area contributed by atoms with E-state index in [-0.39, 0.29) is 11.8 Å². The highest BCUT2D eigenvalue weighted by molar-refractivity contribution is 6.21. The maximum atomic E-state index is 12.3. The average molecular weight is 286 g/mol. The van der Waals surface area contributed by atoms with Crippen molar-refractivity contribution in [3.8, 4) is 0 Å². The quantitative estimate of drug-likeness (QED) is 0.864. The van der Waals surface area contributed by atoms with Gasteiger partial charge >= 0.3 is 0 Å². The van der Waals surface area contributed by atoms with Crippen molar-refractivity contribution in [2.75, 3.05) is 19.6 Å². The first kappa shape index (κ1) is 14.3. The molecule has 3 rings (SSSR count). The van der Waals surface area contributed by atoms with Gasteiger partial charge in [0.1, 0.15) is 0 Å². The topological polar surface area (TPSA) is 49.4 Å². The van der Waals surface area contributed by atoms with Crippen molar-refractivity contribution in [1.29, 1.82) is 0 Å². The van der Waals surface area contributed by atoms with E-state index in [2.05, 4.69) is 12.2 Å². The SMILES string of the molecule is C[C@H](CCN1C(=O)c2ccccc2C1=O)C1CCNCC1. The predicted octanol–water partition coefficient (Wildman–Crippen LogP) is 2.31. The minimum absolute atomic E-state index is 0.131. The van der Waals surface area contributed by atoms with Crippen LogP contribution in [0.3, 0.4) is 0 Å². The lowest BCUT2D eigenvalue weighted by atomic mass is 9.84. The molecule has 1 saturated heterocycles. The summed E-state index contributed by atoms with van der Waals surface area (Å²) >= 11 is 0. The van der Waals surface area contributed by atoms with Crippen LogP contribution in [-0.4, -0.2) is 36.3 Å². The van der Waals surface area contributed by atoms with Crippen molar-refractivity contribution < 1.29 is 9.59 Å². The van der Waals surface area contributed by atoms with Crippen molar-refractivity contribution in [2.24, 2.45) is 11.8 Å². The van der Waals surface area contributed by atoms with Gasteiger partial charge < -0.3 is 5.32 Å². The molecule has 1 atom stereocenters. The monoisotopic (exact) mass is 286 g/mol. The third-order valence-corrected chi connectivity index (χ3v) is 4.87. The van der Waals surface area contributed by atoms with E-state index in [4.69, 9.17) is 0 Å².